The summed E-state index contributed by atoms with van der Waals surface area (Å²) in [5.41, 5.74) is 2.72. The van der Waals surface area contributed by atoms with Gasteiger partial charge in [-0.25, -0.2) is 0 Å². The van der Waals surface area contributed by atoms with Crippen molar-refractivity contribution in [1.82, 2.24) is 4.57 Å². The minimum Gasteiger partial charge on any atom is -0.313 e. The van der Waals surface area contributed by atoms with E-state index in [1.807, 2.05) is 64.6 Å². The zero-order chi connectivity index (χ0) is 16.1. The topological polar surface area (TPSA) is 34.4 Å². The van der Waals surface area contributed by atoms with Gasteiger partial charge >= 0.3 is 0 Å². The number of carbonyl (C=O) groups excluding carboxylic acids is 1. The number of amides is 1. The molecule has 0 saturated carbocycles. The highest BCUT2D eigenvalue weighted by atomic mass is 32.1. The van der Waals surface area contributed by atoms with Crippen molar-refractivity contribution in [2.75, 3.05) is 0 Å². The monoisotopic (exact) mass is 320 g/mol. The van der Waals surface area contributed by atoms with Crippen LogP contribution in [0.3, 0.4) is 0 Å². The van der Waals surface area contributed by atoms with Crippen molar-refractivity contribution < 1.29 is 4.79 Å². The first kappa shape index (κ1) is 15.2. The third-order valence-electron chi connectivity index (χ3n) is 3.40. The van der Waals surface area contributed by atoms with Crippen molar-refractivity contribution in [2.24, 2.45) is 4.99 Å². The van der Waals surface area contributed by atoms with E-state index in [9.17, 15) is 4.79 Å². The minimum atomic E-state index is -0.232. The third kappa shape index (κ3) is 3.38. The maximum atomic E-state index is 12.3. The Kier molecular flexibility index (Phi) is 4.64. The number of nitrogens with zero attached hydrogens (tertiary/aromatic N) is 2. The molecule has 3 nitrogen and oxygen atoms in total. The van der Waals surface area contributed by atoms with E-state index in [1.54, 1.807) is 12.1 Å². The van der Waals surface area contributed by atoms with Crippen molar-refractivity contribution in [3.8, 4) is 11.3 Å². The van der Waals surface area contributed by atoms with E-state index in [4.69, 9.17) is 0 Å². The molecular weight excluding hydrogens is 304 g/mol. The van der Waals surface area contributed by atoms with Gasteiger partial charge in [0.05, 0.1) is 5.69 Å². The molecule has 1 aromatic heterocycles. The van der Waals surface area contributed by atoms with Crippen LogP contribution in [0, 0.1) is 0 Å². The van der Waals surface area contributed by atoms with Gasteiger partial charge in [-0.2, -0.15) is 4.99 Å². The Hall–Kier alpha value is -2.72. The summed E-state index contributed by atoms with van der Waals surface area (Å²) < 4.78 is 2.01. The fourth-order valence-corrected chi connectivity index (χ4v) is 3.21. The minimum absolute atomic E-state index is 0.232. The normalized spacial score (nSPS) is 11.4. The molecule has 1 amide bonds. The van der Waals surface area contributed by atoms with Crippen LogP contribution in [0.15, 0.2) is 83.7 Å². The van der Waals surface area contributed by atoms with Crippen LogP contribution in [0.5, 0.6) is 0 Å². The second-order valence-electron chi connectivity index (χ2n) is 4.95. The van der Waals surface area contributed by atoms with Gasteiger partial charge in [-0.3, -0.25) is 4.79 Å². The molecule has 114 valence electrons. The highest BCUT2D eigenvalue weighted by molar-refractivity contribution is 7.07. The fourth-order valence-electron chi connectivity index (χ4n) is 2.30. The fraction of sp³-hybridized carbons (Fsp3) is 0.0526. The van der Waals surface area contributed by atoms with Gasteiger partial charge in [-0.15, -0.1) is 17.9 Å². The first-order valence-corrected chi connectivity index (χ1v) is 8.16. The average Bonchev–Trinajstić information content (AvgIpc) is 2.99. The van der Waals surface area contributed by atoms with E-state index in [1.165, 1.54) is 11.3 Å². The molecule has 3 rings (SSSR count). The van der Waals surface area contributed by atoms with Crippen LogP contribution < -0.4 is 4.80 Å². The van der Waals surface area contributed by atoms with Crippen molar-refractivity contribution in [3.05, 3.63) is 89.1 Å². The van der Waals surface area contributed by atoms with Gasteiger partial charge in [0, 0.05) is 17.5 Å². The molecule has 0 spiro atoms. The van der Waals surface area contributed by atoms with Crippen molar-refractivity contribution in [1.29, 1.82) is 0 Å². The number of allylic oxidation sites excluding steroid dienone is 1. The van der Waals surface area contributed by atoms with Crippen molar-refractivity contribution >= 4 is 17.2 Å². The summed E-state index contributed by atoms with van der Waals surface area (Å²) in [6.45, 7) is 4.41. The summed E-state index contributed by atoms with van der Waals surface area (Å²) in [7, 11) is 0. The van der Waals surface area contributed by atoms with Crippen molar-refractivity contribution in [3.63, 3.8) is 0 Å². The summed E-state index contributed by atoms with van der Waals surface area (Å²) in [5.74, 6) is -0.232. The maximum Gasteiger partial charge on any atom is 0.279 e. The SMILES string of the molecule is C=CCn1c(-c2ccccc2)cs/c1=N/C(=O)c1ccccc1. The molecule has 0 aliphatic carbocycles. The Labute approximate surface area is 138 Å². The third-order valence-corrected chi connectivity index (χ3v) is 4.26. The summed E-state index contributed by atoms with van der Waals surface area (Å²) in [6, 6.07) is 19.2. The molecule has 23 heavy (non-hydrogen) atoms. The van der Waals surface area contributed by atoms with Crippen LogP contribution in [0.2, 0.25) is 0 Å². The zero-order valence-corrected chi connectivity index (χ0v) is 13.4. The van der Waals surface area contributed by atoms with E-state index >= 15 is 0 Å². The molecule has 0 radical (unpaired) electrons. The summed E-state index contributed by atoms with van der Waals surface area (Å²) in [6.07, 6.45) is 1.81. The molecule has 0 bridgehead atoms. The Balaban J connectivity index is 2.06. The predicted octanol–water partition coefficient (Wildman–Crippen LogP) is 4.14. The van der Waals surface area contributed by atoms with Gasteiger partial charge in [0.15, 0.2) is 4.80 Å². The van der Waals surface area contributed by atoms with Crippen LogP contribution in [0.1, 0.15) is 10.4 Å². The second-order valence-corrected chi connectivity index (χ2v) is 5.79. The Morgan fingerprint density at radius 2 is 1.74 bits per heavy atom. The molecular formula is C19H16N2OS. The lowest BCUT2D eigenvalue weighted by molar-refractivity contribution is 0.0998. The number of hydrogen-bond acceptors (Lipinski definition) is 2. The lowest BCUT2D eigenvalue weighted by Crippen LogP contribution is -2.17. The molecule has 3 aromatic rings. The molecule has 0 saturated heterocycles. The van der Waals surface area contributed by atoms with E-state index in [-0.39, 0.29) is 5.91 Å². The standard InChI is InChI=1S/C19H16N2OS/c1-2-13-21-17(15-9-5-3-6-10-15)14-23-19(21)20-18(22)16-11-7-4-8-12-16/h2-12,14H,1,13H2/b20-19+. The van der Waals surface area contributed by atoms with Crippen LogP contribution in [0.4, 0.5) is 0 Å². The average molecular weight is 320 g/mol. The first-order valence-electron chi connectivity index (χ1n) is 7.28. The van der Waals surface area contributed by atoms with Gasteiger partial charge in [0.2, 0.25) is 0 Å². The van der Waals surface area contributed by atoms with E-state index in [2.05, 4.69) is 11.6 Å². The van der Waals surface area contributed by atoms with Crippen molar-refractivity contribution in [2.45, 2.75) is 6.54 Å². The number of carbonyl (C=O) groups is 1. The van der Waals surface area contributed by atoms with Crippen LogP contribution in [0.25, 0.3) is 11.3 Å². The largest absolute Gasteiger partial charge is 0.313 e. The Morgan fingerprint density at radius 3 is 2.39 bits per heavy atom. The molecule has 4 heteroatoms. The number of rotatable bonds is 4. The van der Waals surface area contributed by atoms with Gasteiger partial charge in [-0.05, 0) is 17.7 Å². The summed E-state index contributed by atoms with van der Waals surface area (Å²) in [4.78, 5) is 17.3. The molecule has 0 atom stereocenters. The number of aromatic nitrogens is 1. The number of hydrogen-bond donors (Lipinski definition) is 0. The smallest absolute Gasteiger partial charge is 0.279 e. The molecule has 0 N–H and O–H groups in total. The van der Waals surface area contributed by atoms with E-state index in [0.29, 0.717) is 16.9 Å². The summed E-state index contributed by atoms with van der Waals surface area (Å²) >= 11 is 1.46. The first-order chi connectivity index (χ1) is 11.3. The van der Waals surface area contributed by atoms with E-state index in [0.717, 1.165) is 11.3 Å². The zero-order valence-electron chi connectivity index (χ0n) is 12.6. The quantitative estimate of drug-likeness (QED) is 0.665. The van der Waals surface area contributed by atoms with E-state index < -0.39 is 0 Å². The highest BCUT2D eigenvalue weighted by Gasteiger charge is 2.09. The van der Waals surface area contributed by atoms with Crippen LogP contribution >= 0.6 is 11.3 Å². The maximum absolute atomic E-state index is 12.3. The van der Waals surface area contributed by atoms with Crippen LogP contribution in [-0.4, -0.2) is 10.5 Å². The molecule has 0 aliphatic heterocycles. The van der Waals surface area contributed by atoms with Gasteiger partial charge < -0.3 is 4.57 Å². The van der Waals surface area contributed by atoms with Crippen LogP contribution in [-0.2, 0) is 6.54 Å². The molecule has 0 aliphatic rings. The molecule has 2 aromatic carbocycles. The highest BCUT2D eigenvalue weighted by Crippen LogP contribution is 2.19. The lowest BCUT2D eigenvalue weighted by Gasteiger charge is -2.06. The molecule has 0 fully saturated rings. The molecule has 0 unspecified atom stereocenters. The Bertz CT molecular complexity index is 876. The van der Waals surface area contributed by atoms with Gasteiger partial charge in [-0.1, -0.05) is 54.6 Å². The number of thiazole rings is 1. The Morgan fingerprint density at radius 1 is 1.09 bits per heavy atom. The molecule has 1 heterocycles. The summed E-state index contributed by atoms with van der Waals surface area (Å²) in [5, 5.41) is 2.02. The van der Waals surface area contributed by atoms with Gasteiger partial charge in [0.25, 0.3) is 5.91 Å². The van der Waals surface area contributed by atoms with Gasteiger partial charge in [0.1, 0.15) is 0 Å². The lowest BCUT2D eigenvalue weighted by atomic mass is 10.2. The number of benzene rings is 2. The predicted molar refractivity (Wildman–Crippen MR) is 94.3 cm³/mol. The second kappa shape index (κ2) is 7.03.